The van der Waals surface area contributed by atoms with Crippen molar-refractivity contribution >= 4 is 26.9 Å². The summed E-state index contributed by atoms with van der Waals surface area (Å²) in [5, 5.41) is 7.44. The molecule has 0 bridgehead atoms. The van der Waals surface area contributed by atoms with E-state index in [0.29, 0.717) is 0 Å². The molecule has 6 heteroatoms. The summed E-state index contributed by atoms with van der Waals surface area (Å²) in [7, 11) is 4.80. The van der Waals surface area contributed by atoms with Crippen molar-refractivity contribution in [3.05, 3.63) is 77.2 Å². The van der Waals surface area contributed by atoms with E-state index in [0.717, 1.165) is 41.0 Å². The summed E-state index contributed by atoms with van der Waals surface area (Å²) in [6.07, 6.45) is 5.32. The van der Waals surface area contributed by atoms with Gasteiger partial charge in [0.1, 0.15) is 5.82 Å². The highest BCUT2D eigenvalue weighted by molar-refractivity contribution is 7.18. The average molecular weight is 437 g/mol. The summed E-state index contributed by atoms with van der Waals surface area (Å²) >= 11 is 0. The van der Waals surface area contributed by atoms with Crippen LogP contribution < -0.4 is 5.32 Å². The zero-order valence-corrected chi connectivity index (χ0v) is 19.6. The second-order valence-corrected chi connectivity index (χ2v) is 8.85. The molecule has 0 radical (unpaired) electrons. The van der Waals surface area contributed by atoms with Crippen LogP contribution >= 0.6 is 9.24 Å². The van der Waals surface area contributed by atoms with Crippen molar-refractivity contribution in [1.82, 2.24) is 9.78 Å². The SMILES string of the molecule is CCC(P)(CC)c1ccc(NC(=O)/C=C/c2c(C)nn(C)c2-c2ccc(F)cc2)cc1. The van der Waals surface area contributed by atoms with Crippen LogP contribution in [0.2, 0.25) is 0 Å². The molecule has 162 valence electrons. The van der Waals surface area contributed by atoms with E-state index < -0.39 is 0 Å². The van der Waals surface area contributed by atoms with Crippen molar-refractivity contribution in [2.75, 3.05) is 5.32 Å². The van der Waals surface area contributed by atoms with E-state index in [2.05, 4.69) is 45.6 Å². The van der Waals surface area contributed by atoms with E-state index >= 15 is 0 Å². The van der Waals surface area contributed by atoms with Crippen LogP contribution in [0.15, 0.2) is 54.6 Å². The molecule has 1 atom stereocenters. The number of amides is 1. The number of hydrogen-bond acceptors (Lipinski definition) is 2. The number of hydrogen-bond donors (Lipinski definition) is 1. The van der Waals surface area contributed by atoms with Gasteiger partial charge in [0, 0.05) is 35.1 Å². The van der Waals surface area contributed by atoms with Crippen molar-refractivity contribution in [1.29, 1.82) is 0 Å². The summed E-state index contributed by atoms with van der Waals surface area (Å²) in [6, 6.07) is 14.3. The summed E-state index contributed by atoms with van der Waals surface area (Å²) < 4.78 is 15.1. The maximum atomic E-state index is 13.3. The lowest BCUT2D eigenvalue weighted by molar-refractivity contribution is -0.111. The fraction of sp³-hybridized carbons (Fsp3) is 0.280. The molecule has 1 N–H and O–H groups in total. The second-order valence-electron chi connectivity index (χ2n) is 7.74. The number of anilines is 1. The van der Waals surface area contributed by atoms with Gasteiger partial charge >= 0.3 is 0 Å². The van der Waals surface area contributed by atoms with Gasteiger partial charge in [-0.3, -0.25) is 9.48 Å². The third kappa shape index (κ3) is 5.11. The molecule has 0 aliphatic heterocycles. The Hall–Kier alpha value is -2.78. The molecule has 1 heterocycles. The van der Waals surface area contributed by atoms with Gasteiger partial charge in [0.25, 0.3) is 0 Å². The first kappa shape index (κ1) is 22.9. The number of aromatic nitrogens is 2. The number of carbonyl (C=O) groups is 1. The van der Waals surface area contributed by atoms with Crippen molar-refractivity contribution in [2.45, 2.75) is 38.8 Å². The highest BCUT2D eigenvalue weighted by Crippen LogP contribution is 2.38. The number of rotatable bonds is 7. The monoisotopic (exact) mass is 437 g/mol. The van der Waals surface area contributed by atoms with Crippen LogP contribution in [0.25, 0.3) is 17.3 Å². The van der Waals surface area contributed by atoms with Crippen LogP contribution in [0.4, 0.5) is 10.1 Å². The van der Waals surface area contributed by atoms with Gasteiger partial charge in [-0.15, -0.1) is 9.24 Å². The minimum Gasteiger partial charge on any atom is -0.323 e. The van der Waals surface area contributed by atoms with Gasteiger partial charge in [0.05, 0.1) is 11.4 Å². The quantitative estimate of drug-likeness (QED) is 0.360. The van der Waals surface area contributed by atoms with Gasteiger partial charge < -0.3 is 5.32 Å². The third-order valence-corrected chi connectivity index (χ3v) is 6.93. The van der Waals surface area contributed by atoms with Gasteiger partial charge in [-0.2, -0.15) is 5.10 Å². The Morgan fingerprint density at radius 1 is 1.13 bits per heavy atom. The molecule has 1 aromatic heterocycles. The van der Waals surface area contributed by atoms with Crippen LogP contribution in [0.3, 0.4) is 0 Å². The molecule has 31 heavy (non-hydrogen) atoms. The maximum Gasteiger partial charge on any atom is 0.248 e. The van der Waals surface area contributed by atoms with Crippen LogP contribution in [0.5, 0.6) is 0 Å². The molecule has 2 aromatic carbocycles. The van der Waals surface area contributed by atoms with Crippen molar-refractivity contribution in [3.8, 4) is 11.3 Å². The van der Waals surface area contributed by atoms with Crippen LogP contribution in [0.1, 0.15) is 43.5 Å². The molecule has 4 nitrogen and oxygen atoms in total. The summed E-state index contributed by atoms with van der Waals surface area (Å²) in [6.45, 7) is 6.25. The van der Waals surface area contributed by atoms with E-state index in [1.807, 2.05) is 26.1 Å². The Morgan fingerprint density at radius 3 is 2.32 bits per heavy atom. The van der Waals surface area contributed by atoms with Gasteiger partial charge in [-0.05, 0) is 67.8 Å². The Kier molecular flexibility index (Phi) is 7.07. The second kappa shape index (κ2) is 9.57. The fourth-order valence-electron chi connectivity index (χ4n) is 3.71. The third-order valence-electron chi connectivity index (χ3n) is 5.78. The predicted molar refractivity (Wildman–Crippen MR) is 129 cm³/mol. The number of halogens is 1. The van der Waals surface area contributed by atoms with E-state index in [1.54, 1.807) is 22.9 Å². The predicted octanol–water partition coefficient (Wildman–Crippen LogP) is 6.08. The molecule has 0 fully saturated rings. The van der Waals surface area contributed by atoms with Gasteiger partial charge in [-0.25, -0.2) is 4.39 Å². The molecule has 3 aromatic rings. The number of nitrogens with one attached hydrogen (secondary N) is 1. The van der Waals surface area contributed by atoms with Crippen molar-refractivity contribution in [3.63, 3.8) is 0 Å². The first-order chi connectivity index (χ1) is 14.8. The average Bonchev–Trinajstić information content (AvgIpc) is 3.05. The van der Waals surface area contributed by atoms with E-state index in [9.17, 15) is 9.18 Å². The molecule has 0 saturated carbocycles. The van der Waals surface area contributed by atoms with E-state index in [-0.39, 0.29) is 16.9 Å². The smallest absolute Gasteiger partial charge is 0.248 e. The minimum absolute atomic E-state index is 0.0665. The lowest BCUT2D eigenvalue weighted by Gasteiger charge is -2.27. The highest BCUT2D eigenvalue weighted by atomic mass is 31.0. The molecular weight excluding hydrogens is 408 g/mol. The molecule has 1 amide bonds. The van der Waals surface area contributed by atoms with Crippen LogP contribution in [0, 0.1) is 12.7 Å². The summed E-state index contributed by atoms with van der Waals surface area (Å²) in [4.78, 5) is 12.5. The first-order valence-electron chi connectivity index (χ1n) is 10.5. The lowest BCUT2D eigenvalue weighted by atomic mass is 9.92. The van der Waals surface area contributed by atoms with Crippen molar-refractivity contribution < 1.29 is 9.18 Å². The Balaban J connectivity index is 1.77. The summed E-state index contributed by atoms with van der Waals surface area (Å²) in [5.41, 5.74) is 5.30. The fourth-order valence-corrected chi connectivity index (χ4v) is 3.90. The normalized spacial score (nSPS) is 11.8. The highest BCUT2D eigenvalue weighted by Gasteiger charge is 2.22. The molecule has 0 spiro atoms. The standard InChI is InChI=1S/C25H29FN3OP/c1-5-25(31,6-2)19-9-13-21(14-10-19)27-23(30)16-15-22-17(3)28-29(4)24(22)18-7-11-20(26)12-8-18/h7-16H,5-6,31H2,1-4H3,(H,27,30)/b16-15+. The van der Waals surface area contributed by atoms with Gasteiger partial charge in [0.2, 0.25) is 5.91 Å². The van der Waals surface area contributed by atoms with Crippen LogP contribution in [-0.4, -0.2) is 15.7 Å². The minimum atomic E-state index is -0.290. The topological polar surface area (TPSA) is 46.9 Å². The van der Waals surface area contributed by atoms with E-state index in [1.165, 1.54) is 23.8 Å². The number of benzene rings is 2. The Morgan fingerprint density at radius 2 is 1.74 bits per heavy atom. The van der Waals surface area contributed by atoms with E-state index in [4.69, 9.17) is 0 Å². The number of aryl methyl sites for hydroxylation is 2. The molecule has 3 rings (SSSR count). The molecule has 1 unspecified atom stereocenters. The largest absolute Gasteiger partial charge is 0.323 e. The van der Waals surface area contributed by atoms with Gasteiger partial charge in [-0.1, -0.05) is 26.0 Å². The molecule has 0 aliphatic rings. The first-order valence-corrected chi connectivity index (χ1v) is 11.0. The maximum absolute atomic E-state index is 13.3. The van der Waals surface area contributed by atoms with Crippen molar-refractivity contribution in [2.24, 2.45) is 7.05 Å². The molecule has 0 saturated heterocycles. The Bertz CT molecular complexity index is 1080. The lowest BCUT2D eigenvalue weighted by Crippen LogP contribution is -2.15. The molecular formula is C25H29FN3OP. The zero-order chi connectivity index (χ0) is 22.6. The number of carbonyl (C=O) groups excluding carboxylic acids is 1. The number of nitrogens with zero attached hydrogens (tertiary/aromatic N) is 2. The Labute approximate surface area is 185 Å². The van der Waals surface area contributed by atoms with Crippen LogP contribution in [-0.2, 0) is 17.0 Å². The van der Waals surface area contributed by atoms with Gasteiger partial charge in [0.15, 0.2) is 0 Å². The summed E-state index contributed by atoms with van der Waals surface area (Å²) in [5.74, 6) is -0.508. The zero-order valence-electron chi connectivity index (χ0n) is 18.4. The molecule has 0 aliphatic carbocycles.